The smallest absolute Gasteiger partial charge is 0.303 e. The number of carbonyl (C=O) groups is 1. The summed E-state index contributed by atoms with van der Waals surface area (Å²) >= 11 is 0. The van der Waals surface area contributed by atoms with Gasteiger partial charge in [0.25, 0.3) is 0 Å². The van der Waals surface area contributed by atoms with Crippen LogP contribution in [-0.2, 0) is 11.2 Å². The van der Waals surface area contributed by atoms with Crippen molar-refractivity contribution in [2.24, 2.45) is 0 Å². The van der Waals surface area contributed by atoms with E-state index in [1.165, 1.54) is 12.1 Å². The van der Waals surface area contributed by atoms with Crippen molar-refractivity contribution in [3.05, 3.63) is 30.0 Å². The summed E-state index contributed by atoms with van der Waals surface area (Å²) in [5, 5.41) is 25.3. The normalized spacial score (nSPS) is 10.4. The van der Waals surface area contributed by atoms with Crippen molar-refractivity contribution in [2.45, 2.75) is 12.8 Å². The third kappa shape index (κ3) is 2.60. The molecule has 0 bridgehead atoms. The van der Waals surface area contributed by atoms with Crippen LogP contribution in [0, 0.1) is 0 Å². The van der Waals surface area contributed by atoms with E-state index in [1.54, 1.807) is 12.1 Å². The van der Waals surface area contributed by atoms with Crippen LogP contribution < -0.4 is 0 Å². The molecule has 6 heteroatoms. The van der Waals surface area contributed by atoms with Gasteiger partial charge in [0.05, 0.1) is 6.42 Å². The number of phenolic OH excluding ortho intramolecular Hbond substituents is 1. The first kappa shape index (κ1) is 11.1. The van der Waals surface area contributed by atoms with Gasteiger partial charge >= 0.3 is 5.97 Å². The van der Waals surface area contributed by atoms with Gasteiger partial charge in [0, 0.05) is 12.0 Å². The van der Waals surface area contributed by atoms with Gasteiger partial charge < -0.3 is 10.2 Å². The number of nitrogens with zero attached hydrogens (tertiary/aromatic N) is 2. The average Bonchev–Trinajstić information content (AvgIpc) is 2.74. The van der Waals surface area contributed by atoms with Gasteiger partial charge in [0.15, 0.2) is 0 Å². The second-order valence-electron chi connectivity index (χ2n) is 3.50. The largest absolute Gasteiger partial charge is 0.508 e. The molecular weight excluding hydrogens is 224 g/mol. The topological polar surface area (TPSA) is 96.5 Å². The van der Waals surface area contributed by atoms with E-state index in [0.29, 0.717) is 17.0 Å². The molecule has 0 aliphatic carbocycles. The molecular formula is C11H10N2O4. The predicted molar refractivity (Wildman–Crippen MR) is 57.4 cm³/mol. The average molecular weight is 234 g/mol. The van der Waals surface area contributed by atoms with Crippen molar-refractivity contribution < 1.29 is 19.6 Å². The number of hydrogen-bond acceptors (Lipinski definition) is 5. The molecule has 0 spiro atoms. The highest BCUT2D eigenvalue weighted by Crippen LogP contribution is 2.24. The third-order valence-electron chi connectivity index (χ3n) is 2.25. The van der Waals surface area contributed by atoms with Crippen molar-refractivity contribution >= 4 is 5.97 Å². The molecule has 0 fully saturated rings. The highest BCUT2D eigenvalue weighted by atomic mass is 16.6. The summed E-state index contributed by atoms with van der Waals surface area (Å²) in [6, 6.07) is 6.46. The van der Waals surface area contributed by atoms with E-state index in [0.717, 1.165) is 0 Å². The molecule has 0 saturated carbocycles. The summed E-state index contributed by atoms with van der Waals surface area (Å²) < 4.78 is 4.60. The van der Waals surface area contributed by atoms with E-state index in [1.807, 2.05) is 0 Å². The van der Waals surface area contributed by atoms with E-state index in [2.05, 4.69) is 14.9 Å². The summed E-state index contributed by atoms with van der Waals surface area (Å²) in [6.45, 7) is 0. The lowest BCUT2D eigenvalue weighted by molar-refractivity contribution is -0.136. The van der Waals surface area contributed by atoms with Crippen molar-refractivity contribution in [1.82, 2.24) is 10.3 Å². The van der Waals surface area contributed by atoms with Crippen LogP contribution in [0.5, 0.6) is 5.75 Å². The Hall–Kier alpha value is -2.37. The minimum absolute atomic E-state index is 0.0416. The predicted octanol–water partition coefficient (Wildman–Crippen LogP) is 1.46. The maximum Gasteiger partial charge on any atom is 0.303 e. The molecule has 2 rings (SSSR count). The number of phenols is 1. The quantitative estimate of drug-likeness (QED) is 0.831. The van der Waals surface area contributed by atoms with Crippen molar-refractivity contribution in [1.29, 1.82) is 0 Å². The Morgan fingerprint density at radius 2 is 2.18 bits per heavy atom. The Labute approximate surface area is 96.5 Å². The standard InChI is InChI=1S/C11H10N2O4/c14-8-3-1-2-7(6-8)11-9(12-17-13-11)4-5-10(15)16/h1-3,6,14H,4-5H2,(H,15,16). The molecule has 1 aromatic carbocycles. The Morgan fingerprint density at radius 3 is 2.88 bits per heavy atom. The minimum Gasteiger partial charge on any atom is -0.508 e. The molecule has 0 saturated heterocycles. The van der Waals surface area contributed by atoms with Gasteiger partial charge in [-0.1, -0.05) is 17.3 Å². The fourth-order valence-corrected chi connectivity index (χ4v) is 1.47. The molecule has 1 aromatic heterocycles. The highest BCUT2D eigenvalue weighted by Gasteiger charge is 2.13. The number of carboxylic acids is 1. The summed E-state index contributed by atoms with van der Waals surface area (Å²) in [5.74, 6) is -0.801. The second kappa shape index (κ2) is 4.65. The Morgan fingerprint density at radius 1 is 1.35 bits per heavy atom. The van der Waals surface area contributed by atoms with Crippen LogP contribution in [0.3, 0.4) is 0 Å². The molecule has 0 radical (unpaired) electrons. The molecule has 17 heavy (non-hydrogen) atoms. The molecule has 1 heterocycles. The van der Waals surface area contributed by atoms with Gasteiger partial charge in [0.2, 0.25) is 0 Å². The van der Waals surface area contributed by atoms with Crippen LogP contribution in [0.15, 0.2) is 28.9 Å². The summed E-state index contributed by atoms with van der Waals surface area (Å²) in [7, 11) is 0. The fraction of sp³-hybridized carbons (Fsp3) is 0.182. The van der Waals surface area contributed by atoms with E-state index in [9.17, 15) is 9.90 Å². The number of hydrogen-bond donors (Lipinski definition) is 2. The Kier molecular flexibility index (Phi) is 3.04. The SMILES string of the molecule is O=C(O)CCc1nonc1-c1cccc(O)c1. The van der Waals surface area contributed by atoms with Crippen LogP contribution in [0.4, 0.5) is 0 Å². The summed E-state index contributed by atoms with van der Waals surface area (Å²) in [4.78, 5) is 10.5. The van der Waals surface area contributed by atoms with Gasteiger partial charge in [-0.3, -0.25) is 4.79 Å². The third-order valence-corrected chi connectivity index (χ3v) is 2.25. The molecule has 0 aliphatic rings. The first-order valence-corrected chi connectivity index (χ1v) is 4.99. The van der Waals surface area contributed by atoms with E-state index >= 15 is 0 Å². The Bertz CT molecular complexity index is 536. The monoisotopic (exact) mass is 234 g/mol. The first-order chi connectivity index (χ1) is 8.16. The molecule has 6 nitrogen and oxygen atoms in total. The van der Waals surface area contributed by atoms with Crippen LogP contribution >= 0.6 is 0 Å². The summed E-state index contributed by atoms with van der Waals surface area (Å²) in [5.41, 5.74) is 1.58. The first-order valence-electron chi connectivity index (χ1n) is 4.99. The fourth-order valence-electron chi connectivity index (χ4n) is 1.47. The number of aryl methyl sites for hydroxylation is 1. The lowest BCUT2D eigenvalue weighted by Gasteiger charge is -1.99. The zero-order valence-corrected chi connectivity index (χ0v) is 8.83. The van der Waals surface area contributed by atoms with Gasteiger partial charge in [-0.05, 0) is 17.3 Å². The lowest BCUT2D eigenvalue weighted by Crippen LogP contribution is -1.98. The van der Waals surface area contributed by atoms with Crippen molar-refractivity contribution in [3.8, 4) is 17.0 Å². The molecule has 0 aliphatic heterocycles. The van der Waals surface area contributed by atoms with Crippen LogP contribution in [0.2, 0.25) is 0 Å². The highest BCUT2D eigenvalue weighted by molar-refractivity contribution is 5.68. The molecule has 0 amide bonds. The van der Waals surface area contributed by atoms with Crippen molar-refractivity contribution in [3.63, 3.8) is 0 Å². The number of aromatic hydroxyl groups is 1. The number of benzene rings is 1. The van der Waals surface area contributed by atoms with E-state index in [4.69, 9.17) is 5.11 Å². The summed E-state index contributed by atoms with van der Waals surface area (Å²) in [6.07, 6.45) is 0.198. The van der Waals surface area contributed by atoms with Crippen LogP contribution in [0.1, 0.15) is 12.1 Å². The number of aromatic nitrogens is 2. The van der Waals surface area contributed by atoms with Crippen LogP contribution in [0.25, 0.3) is 11.3 Å². The number of carboxylic acid groups (broad SMARTS) is 1. The van der Waals surface area contributed by atoms with Gasteiger partial charge in [-0.2, -0.15) is 0 Å². The van der Waals surface area contributed by atoms with E-state index < -0.39 is 5.97 Å². The molecule has 88 valence electrons. The zero-order chi connectivity index (χ0) is 12.3. The lowest BCUT2D eigenvalue weighted by atomic mass is 10.1. The molecule has 0 unspecified atom stereocenters. The van der Waals surface area contributed by atoms with E-state index in [-0.39, 0.29) is 18.6 Å². The number of rotatable bonds is 4. The maximum absolute atomic E-state index is 10.5. The number of aliphatic carboxylic acids is 1. The van der Waals surface area contributed by atoms with Crippen LogP contribution in [-0.4, -0.2) is 26.5 Å². The second-order valence-corrected chi connectivity index (χ2v) is 3.50. The van der Waals surface area contributed by atoms with Gasteiger partial charge in [0.1, 0.15) is 17.1 Å². The van der Waals surface area contributed by atoms with Gasteiger partial charge in [-0.15, -0.1) is 0 Å². The van der Waals surface area contributed by atoms with Gasteiger partial charge in [-0.25, -0.2) is 4.63 Å². The molecule has 2 aromatic rings. The zero-order valence-electron chi connectivity index (χ0n) is 8.83. The minimum atomic E-state index is -0.908. The molecule has 2 N–H and O–H groups in total. The maximum atomic E-state index is 10.5. The van der Waals surface area contributed by atoms with Crippen molar-refractivity contribution in [2.75, 3.05) is 0 Å². The molecule has 0 atom stereocenters. The Balaban J connectivity index is 2.27.